The summed E-state index contributed by atoms with van der Waals surface area (Å²) in [6.45, 7) is 4.18. The third-order valence-corrected chi connectivity index (χ3v) is 7.47. The molecule has 0 spiro atoms. The normalized spacial score (nSPS) is 27.6. The van der Waals surface area contributed by atoms with Gasteiger partial charge in [0.05, 0.1) is 11.1 Å². The first-order chi connectivity index (χ1) is 17.0. The van der Waals surface area contributed by atoms with Gasteiger partial charge in [0.2, 0.25) is 0 Å². The Morgan fingerprint density at radius 1 is 0.886 bits per heavy atom. The smallest absolute Gasteiger partial charge is 0.340 e. The average Bonchev–Trinajstić information content (AvgIpc) is 3.54. The summed E-state index contributed by atoms with van der Waals surface area (Å²) in [7, 11) is 0. The molecule has 35 heavy (non-hydrogen) atoms. The fourth-order valence-corrected chi connectivity index (χ4v) is 5.67. The van der Waals surface area contributed by atoms with Crippen LogP contribution in [0.3, 0.4) is 0 Å². The van der Waals surface area contributed by atoms with E-state index >= 15 is 0 Å². The van der Waals surface area contributed by atoms with Crippen LogP contribution >= 0.6 is 0 Å². The molecule has 2 aliphatic rings. The summed E-state index contributed by atoms with van der Waals surface area (Å²) in [4.78, 5) is 32.1. The zero-order valence-corrected chi connectivity index (χ0v) is 19.9. The Kier molecular flexibility index (Phi) is 6.45. The molecule has 0 amide bonds. The number of aromatic nitrogens is 2. The topological polar surface area (TPSA) is 84.2 Å². The zero-order valence-electron chi connectivity index (χ0n) is 19.9. The highest BCUT2D eigenvalue weighted by Crippen LogP contribution is 2.50. The molecule has 0 saturated heterocycles. The molecule has 1 saturated carbocycles. The SMILES string of the molecule is Cc1ccccc1C1C2C=CC=CCC2C(C)C(OC(=O)c2cc[nH]c2)C1OC(=O)c1cc[nH]c1. The van der Waals surface area contributed by atoms with E-state index in [-0.39, 0.29) is 23.7 Å². The molecule has 2 heterocycles. The number of hydrogen-bond donors (Lipinski definition) is 2. The number of H-pyrrole nitrogens is 2. The van der Waals surface area contributed by atoms with Gasteiger partial charge in [-0.1, -0.05) is 55.5 Å². The van der Waals surface area contributed by atoms with Gasteiger partial charge in [-0.3, -0.25) is 0 Å². The Bertz CT molecular complexity index is 1230. The van der Waals surface area contributed by atoms with E-state index < -0.39 is 24.1 Å². The van der Waals surface area contributed by atoms with Gasteiger partial charge in [0, 0.05) is 36.6 Å². The van der Waals surface area contributed by atoms with Gasteiger partial charge < -0.3 is 19.4 Å². The number of carbonyl (C=O) groups is 2. The number of rotatable bonds is 5. The van der Waals surface area contributed by atoms with Crippen molar-refractivity contribution >= 4 is 11.9 Å². The lowest BCUT2D eigenvalue weighted by atomic mass is 9.61. The molecule has 0 radical (unpaired) electrons. The van der Waals surface area contributed by atoms with Crippen LogP contribution < -0.4 is 0 Å². The molecule has 2 N–H and O–H groups in total. The van der Waals surface area contributed by atoms with Crippen molar-refractivity contribution in [2.45, 2.75) is 38.4 Å². The highest BCUT2D eigenvalue weighted by Gasteiger charge is 2.52. The number of aryl methyl sites for hydroxylation is 1. The lowest BCUT2D eigenvalue weighted by molar-refractivity contribution is -0.106. The Morgan fingerprint density at radius 2 is 1.54 bits per heavy atom. The maximum absolute atomic E-state index is 13.2. The number of fused-ring (bicyclic) bond motifs is 1. The summed E-state index contributed by atoms with van der Waals surface area (Å²) in [5.41, 5.74) is 3.12. The molecule has 3 aromatic rings. The van der Waals surface area contributed by atoms with Crippen molar-refractivity contribution in [2.75, 3.05) is 0 Å². The summed E-state index contributed by atoms with van der Waals surface area (Å²) < 4.78 is 12.4. The Balaban J connectivity index is 1.60. The van der Waals surface area contributed by atoms with E-state index in [1.54, 1.807) is 36.9 Å². The van der Waals surface area contributed by atoms with E-state index in [9.17, 15) is 9.59 Å². The second-order valence-corrected chi connectivity index (χ2v) is 9.47. The van der Waals surface area contributed by atoms with Crippen LogP contribution in [0.2, 0.25) is 0 Å². The number of benzene rings is 1. The minimum Gasteiger partial charge on any atom is -0.454 e. The second-order valence-electron chi connectivity index (χ2n) is 9.47. The van der Waals surface area contributed by atoms with Gasteiger partial charge in [-0.25, -0.2) is 9.59 Å². The van der Waals surface area contributed by atoms with Crippen LogP contribution in [-0.2, 0) is 9.47 Å². The van der Waals surface area contributed by atoms with E-state index in [0.717, 1.165) is 17.5 Å². The van der Waals surface area contributed by atoms with Crippen molar-refractivity contribution in [1.29, 1.82) is 0 Å². The number of hydrogen-bond acceptors (Lipinski definition) is 4. The predicted molar refractivity (Wildman–Crippen MR) is 133 cm³/mol. The lowest BCUT2D eigenvalue weighted by Gasteiger charge is -2.49. The largest absolute Gasteiger partial charge is 0.454 e. The van der Waals surface area contributed by atoms with Crippen LogP contribution in [0.25, 0.3) is 0 Å². The van der Waals surface area contributed by atoms with Crippen LogP contribution in [-0.4, -0.2) is 34.1 Å². The van der Waals surface area contributed by atoms with Gasteiger partial charge in [0.25, 0.3) is 0 Å². The number of aromatic amines is 2. The monoisotopic (exact) mass is 470 g/mol. The van der Waals surface area contributed by atoms with E-state index in [0.29, 0.717) is 11.1 Å². The van der Waals surface area contributed by atoms with Crippen molar-refractivity contribution in [2.24, 2.45) is 17.8 Å². The third kappa shape index (κ3) is 4.48. The fourth-order valence-electron chi connectivity index (χ4n) is 5.67. The maximum Gasteiger partial charge on any atom is 0.340 e. The highest BCUT2D eigenvalue weighted by molar-refractivity contribution is 5.90. The number of nitrogens with one attached hydrogen (secondary N) is 2. The van der Waals surface area contributed by atoms with Gasteiger partial charge in [0.15, 0.2) is 0 Å². The minimum absolute atomic E-state index is 0.0282. The first-order valence-electron chi connectivity index (χ1n) is 12.1. The maximum atomic E-state index is 13.2. The van der Waals surface area contributed by atoms with E-state index in [4.69, 9.17) is 9.47 Å². The Morgan fingerprint density at radius 3 is 2.17 bits per heavy atom. The first kappa shape index (κ1) is 23.0. The molecule has 0 aliphatic heterocycles. The number of carbonyl (C=O) groups excluding carboxylic acids is 2. The molecule has 0 bridgehead atoms. The van der Waals surface area contributed by atoms with Gasteiger partial charge in [-0.2, -0.15) is 0 Å². The van der Waals surface area contributed by atoms with Gasteiger partial charge in [-0.15, -0.1) is 0 Å². The number of allylic oxidation sites excluding steroid dienone is 4. The summed E-state index contributed by atoms with van der Waals surface area (Å²) in [5.74, 6) is -0.709. The first-order valence-corrected chi connectivity index (χ1v) is 12.1. The molecule has 1 fully saturated rings. The van der Waals surface area contributed by atoms with Crippen LogP contribution in [0, 0.1) is 24.7 Å². The molecule has 5 rings (SSSR count). The number of esters is 2. The molecule has 1 aromatic carbocycles. The summed E-state index contributed by atoms with van der Waals surface area (Å²) >= 11 is 0. The van der Waals surface area contributed by atoms with Gasteiger partial charge >= 0.3 is 11.9 Å². The lowest BCUT2D eigenvalue weighted by Crippen LogP contribution is -2.53. The average molecular weight is 471 g/mol. The standard InChI is InChI=1S/C29H30N2O4/c1-18-8-6-7-9-22(18)25-24-11-5-3-4-10-23(24)19(2)26(34-28(32)20-12-14-30-16-20)27(25)35-29(33)21-13-15-31-17-21/h3-9,11-17,19,23-27,30-31H,10H2,1-2H3. The molecular weight excluding hydrogens is 440 g/mol. The van der Waals surface area contributed by atoms with Crippen molar-refractivity contribution in [1.82, 2.24) is 9.97 Å². The van der Waals surface area contributed by atoms with Crippen molar-refractivity contribution in [3.8, 4) is 0 Å². The molecule has 6 unspecified atom stereocenters. The molecule has 6 heteroatoms. The van der Waals surface area contributed by atoms with Crippen LogP contribution in [0.1, 0.15) is 51.1 Å². The third-order valence-electron chi connectivity index (χ3n) is 7.47. The molecule has 180 valence electrons. The van der Waals surface area contributed by atoms with Crippen molar-refractivity contribution in [3.05, 3.63) is 108 Å². The zero-order chi connectivity index (χ0) is 24.4. The van der Waals surface area contributed by atoms with Crippen molar-refractivity contribution in [3.63, 3.8) is 0 Å². The Labute approximate surface area is 205 Å². The van der Waals surface area contributed by atoms with E-state index in [1.165, 1.54) is 0 Å². The summed E-state index contributed by atoms with van der Waals surface area (Å²) in [6.07, 6.45) is 14.8. The van der Waals surface area contributed by atoms with Crippen LogP contribution in [0.15, 0.2) is 85.5 Å². The van der Waals surface area contributed by atoms with E-state index in [1.807, 2.05) is 12.1 Å². The van der Waals surface area contributed by atoms with Gasteiger partial charge in [-0.05, 0) is 48.4 Å². The summed E-state index contributed by atoms with van der Waals surface area (Å²) in [5, 5.41) is 0. The van der Waals surface area contributed by atoms with Gasteiger partial charge in [0.1, 0.15) is 12.2 Å². The minimum atomic E-state index is -0.652. The van der Waals surface area contributed by atoms with Crippen LogP contribution in [0.4, 0.5) is 0 Å². The highest BCUT2D eigenvalue weighted by atomic mass is 16.6. The second kappa shape index (κ2) is 9.82. The Hall–Kier alpha value is -3.80. The molecule has 2 aromatic heterocycles. The number of ether oxygens (including phenoxy) is 2. The van der Waals surface area contributed by atoms with Crippen LogP contribution in [0.5, 0.6) is 0 Å². The van der Waals surface area contributed by atoms with Crippen molar-refractivity contribution < 1.29 is 19.1 Å². The molecule has 2 aliphatic carbocycles. The molecular formula is C29H30N2O4. The molecule has 6 nitrogen and oxygen atoms in total. The fraction of sp³-hybridized carbons (Fsp3) is 0.310. The quantitative estimate of drug-likeness (QED) is 0.477. The predicted octanol–water partition coefficient (Wildman–Crippen LogP) is 5.58. The molecule has 6 atom stereocenters. The summed E-state index contributed by atoms with van der Waals surface area (Å²) in [6, 6.07) is 11.6. The van der Waals surface area contributed by atoms with E-state index in [2.05, 4.69) is 60.3 Å².